The lowest BCUT2D eigenvalue weighted by molar-refractivity contribution is -0.116. The number of ether oxygens (including phenoxy) is 1. The van der Waals surface area contributed by atoms with Crippen LogP contribution in [-0.4, -0.2) is 33.6 Å². The molecule has 0 spiro atoms. The molecule has 0 saturated heterocycles. The summed E-state index contributed by atoms with van der Waals surface area (Å²) in [6.07, 6.45) is 1.61. The van der Waals surface area contributed by atoms with E-state index in [9.17, 15) is 9.59 Å². The molecule has 1 N–H and O–H groups in total. The van der Waals surface area contributed by atoms with Crippen molar-refractivity contribution in [2.45, 2.75) is 20.4 Å². The van der Waals surface area contributed by atoms with Crippen molar-refractivity contribution in [2.24, 2.45) is 0 Å². The van der Waals surface area contributed by atoms with Crippen molar-refractivity contribution in [3.8, 4) is 11.6 Å². The Morgan fingerprint density at radius 1 is 1.28 bits per heavy atom. The Balaban J connectivity index is 1.58. The number of aryl methyl sites for hydroxylation is 1. The standard InChI is InChI=1S/C20H18BrN5O3/c1-11-18(21)12(2)26(24-11)10-17(27)23-13-6-7-16-14(9-13)20(28)25(3)15-5-4-8-22-19(15)29-16/h4-9H,10H2,1-3H3,(H,23,27). The molecule has 9 heteroatoms. The van der Waals surface area contributed by atoms with Gasteiger partial charge in [0.25, 0.3) is 5.91 Å². The van der Waals surface area contributed by atoms with E-state index in [1.807, 2.05) is 13.8 Å². The number of carbonyl (C=O) groups is 2. The number of aromatic nitrogens is 3. The Kier molecular flexibility index (Phi) is 4.83. The topological polar surface area (TPSA) is 89.4 Å². The van der Waals surface area contributed by atoms with E-state index in [0.29, 0.717) is 28.6 Å². The second-order valence-electron chi connectivity index (χ2n) is 6.70. The van der Waals surface area contributed by atoms with Crippen LogP contribution in [0, 0.1) is 13.8 Å². The van der Waals surface area contributed by atoms with Crippen molar-refractivity contribution in [1.82, 2.24) is 14.8 Å². The highest BCUT2D eigenvalue weighted by Gasteiger charge is 2.26. The molecule has 3 heterocycles. The van der Waals surface area contributed by atoms with Gasteiger partial charge in [0, 0.05) is 18.9 Å². The highest BCUT2D eigenvalue weighted by atomic mass is 79.9. The van der Waals surface area contributed by atoms with Gasteiger partial charge in [0.1, 0.15) is 18.0 Å². The predicted molar refractivity (Wildman–Crippen MR) is 112 cm³/mol. The van der Waals surface area contributed by atoms with Crippen molar-refractivity contribution in [1.29, 1.82) is 0 Å². The molecule has 2 amide bonds. The van der Waals surface area contributed by atoms with Gasteiger partial charge in [-0.1, -0.05) is 0 Å². The zero-order valence-corrected chi connectivity index (χ0v) is 17.6. The molecule has 0 bridgehead atoms. The first-order chi connectivity index (χ1) is 13.8. The molecular formula is C20H18BrN5O3. The molecule has 0 fully saturated rings. The van der Waals surface area contributed by atoms with Crippen molar-refractivity contribution in [2.75, 3.05) is 17.3 Å². The number of fused-ring (bicyclic) bond motifs is 2. The molecule has 4 rings (SSSR count). The molecule has 0 aliphatic carbocycles. The number of rotatable bonds is 3. The van der Waals surface area contributed by atoms with Crippen LogP contribution in [0.4, 0.5) is 11.4 Å². The molecule has 2 aromatic heterocycles. The average molecular weight is 456 g/mol. The smallest absolute Gasteiger partial charge is 0.262 e. The third kappa shape index (κ3) is 3.49. The molecular weight excluding hydrogens is 438 g/mol. The number of hydrogen-bond acceptors (Lipinski definition) is 5. The number of anilines is 2. The summed E-state index contributed by atoms with van der Waals surface area (Å²) in [7, 11) is 1.66. The first kappa shape index (κ1) is 19.1. The van der Waals surface area contributed by atoms with Crippen LogP contribution in [0.1, 0.15) is 21.7 Å². The third-order valence-electron chi connectivity index (χ3n) is 4.70. The average Bonchev–Trinajstić information content (AvgIpc) is 2.88. The van der Waals surface area contributed by atoms with Crippen molar-refractivity contribution in [3.05, 3.63) is 58.0 Å². The van der Waals surface area contributed by atoms with Crippen LogP contribution >= 0.6 is 15.9 Å². The van der Waals surface area contributed by atoms with Crippen molar-refractivity contribution in [3.63, 3.8) is 0 Å². The summed E-state index contributed by atoms with van der Waals surface area (Å²) in [5, 5.41) is 7.16. The summed E-state index contributed by atoms with van der Waals surface area (Å²) in [6.45, 7) is 3.82. The number of nitrogens with zero attached hydrogens (tertiary/aromatic N) is 4. The predicted octanol–water partition coefficient (Wildman–Crippen LogP) is 3.68. The second-order valence-corrected chi connectivity index (χ2v) is 7.49. The molecule has 29 heavy (non-hydrogen) atoms. The van der Waals surface area contributed by atoms with Crippen LogP contribution in [0.3, 0.4) is 0 Å². The molecule has 0 atom stereocenters. The summed E-state index contributed by atoms with van der Waals surface area (Å²) in [6, 6.07) is 8.46. The minimum atomic E-state index is -0.247. The quantitative estimate of drug-likeness (QED) is 0.650. The maximum absolute atomic E-state index is 12.9. The maximum atomic E-state index is 12.9. The number of pyridine rings is 1. The number of nitrogens with one attached hydrogen (secondary N) is 1. The Morgan fingerprint density at radius 3 is 2.79 bits per heavy atom. The lowest BCUT2D eigenvalue weighted by Gasteiger charge is -2.15. The first-order valence-corrected chi connectivity index (χ1v) is 9.69. The first-order valence-electron chi connectivity index (χ1n) is 8.89. The largest absolute Gasteiger partial charge is 0.436 e. The number of carbonyl (C=O) groups excluding carboxylic acids is 2. The van der Waals surface area contributed by atoms with Crippen molar-refractivity contribution >= 4 is 39.1 Å². The van der Waals surface area contributed by atoms with Crippen LogP contribution in [0.25, 0.3) is 0 Å². The van der Waals surface area contributed by atoms with Gasteiger partial charge in [-0.05, 0) is 60.1 Å². The van der Waals surface area contributed by atoms with Crippen LogP contribution in [0.2, 0.25) is 0 Å². The summed E-state index contributed by atoms with van der Waals surface area (Å²) in [4.78, 5) is 31.1. The Hall–Kier alpha value is -3.20. The minimum Gasteiger partial charge on any atom is -0.436 e. The number of amides is 2. The fourth-order valence-corrected chi connectivity index (χ4v) is 3.42. The van der Waals surface area contributed by atoms with E-state index >= 15 is 0 Å². The molecule has 0 radical (unpaired) electrons. The van der Waals surface area contributed by atoms with Crippen molar-refractivity contribution < 1.29 is 14.3 Å². The van der Waals surface area contributed by atoms with E-state index < -0.39 is 0 Å². The Bertz CT molecular complexity index is 1140. The lowest BCUT2D eigenvalue weighted by Crippen LogP contribution is -2.25. The fraction of sp³-hybridized carbons (Fsp3) is 0.200. The minimum absolute atomic E-state index is 0.0646. The molecule has 148 valence electrons. The summed E-state index contributed by atoms with van der Waals surface area (Å²) < 4.78 is 8.34. The monoisotopic (exact) mass is 455 g/mol. The zero-order chi connectivity index (χ0) is 20.7. The normalized spacial score (nSPS) is 12.7. The van der Waals surface area contributed by atoms with Crippen LogP contribution in [0.5, 0.6) is 11.6 Å². The van der Waals surface area contributed by atoms with Crippen LogP contribution < -0.4 is 15.0 Å². The summed E-state index contributed by atoms with van der Waals surface area (Å²) in [5.74, 6) is 0.252. The third-order valence-corrected chi connectivity index (χ3v) is 5.85. The van der Waals surface area contributed by atoms with E-state index in [2.05, 4.69) is 31.3 Å². The summed E-state index contributed by atoms with van der Waals surface area (Å²) >= 11 is 3.45. The molecule has 8 nitrogen and oxygen atoms in total. The summed E-state index contributed by atoms with van der Waals surface area (Å²) in [5.41, 5.74) is 3.11. The number of halogens is 1. The van der Waals surface area contributed by atoms with Gasteiger partial charge >= 0.3 is 0 Å². The van der Waals surface area contributed by atoms with Gasteiger partial charge in [0.15, 0.2) is 0 Å². The molecule has 1 aromatic carbocycles. The molecule has 1 aliphatic rings. The molecule has 0 unspecified atom stereocenters. The van der Waals surface area contributed by atoms with E-state index in [1.54, 1.807) is 48.3 Å². The van der Waals surface area contributed by atoms with Crippen LogP contribution in [-0.2, 0) is 11.3 Å². The second kappa shape index (κ2) is 7.32. The van der Waals surface area contributed by atoms with E-state index in [4.69, 9.17) is 4.74 Å². The highest BCUT2D eigenvalue weighted by Crippen LogP contribution is 2.37. The van der Waals surface area contributed by atoms with Gasteiger partial charge in [-0.3, -0.25) is 14.3 Å². The van der Waals surface area contributed by atoms with Gasteiger partial charge in [0.05, 0.1) is 21.4 Å². The lowest BCUT2D eigenvalue weighted by atomic mass is 10.1. The van der Waals surface area contributed by atoms with Gasteiger partial charge < -0.3 is 15.0 Å². The highest BCUT2D eigenvalue weighted by molar-refractivity contribution is 9.10. The van der Waals surface area contributed by atoms with Gasteiger partial charge in [-0.15, -0.1) is 0 Å². The van der Waals surface area contributed by atoms with Gasteiger partial charge in [-0.2, -0.15) is 5.10 Å². The molecule has 3 aromatic rings. The number of benzene rings is 1. The SMILES string of the molecule is Cc1nn(CC(=O)Nc2ccc3c(c2)C(=O)N(C)c2cccnc2O3)c(C)c1Br. The molecule has 1 aliphatic heterocycles. The molecule has 0 saturated carbocycles. The Morgan fingerprint density at radius 2 is 2.07 bits per heavy atom. The van der Waals surface area contributed by atoms with E-state index in [0.717, 1.165) is 15.9 Å². The fourth-order valence-electron chi connectivity index (χ4n) is 3.14. The zero-order valence-electron chi connectivity index (χ0n) is 16.1. The van der Waals surface area contributed by atoms with E-state index in [-0.39, 0.29) is 18.4 Å². The van der Waals surface area contributed by atoms with Gasteiger partial charge in [-0.25, -0.2) is 4.98 Å². The maximum Gasteiger partial charge on any atom is 0.262 e. The Labute approximate surface area is 175 Å². The van der Waals surface area contributed by atoms with E-state index in [1.165, 1.54) is 4.90 Å². The number of hydrogen-bond donors (Lipinski definition) is 1. The van der Waals surface area contributed by atoms with Crippen LogP contribution in [0.15, 0.2) is 41.0 Å². The van der Waals surface area contributed by atoms with Gasteiger partial charge in [0.2, 0.25) is 11.8 Å².